The molecule has 19 heavy (non-hydrogen) atoms. The zero-order valence-corrected chi connectivity index (χ0v) is 12.3. The highest BCUT2D eigenvalue weighted by molar-refractivity contribution is 14.1. The standard InChI is InChI=1S/C14H14INO3/c15-9-5-7-10(8-6-9)16-13(17)11-3-1-2-4-12(11)14(18)19/h1-2,5-8,11-12H,3-4H2,(H,16,17)(H,18,19)/p-1/t11-,12+/m0/s1. The van der Waals surface area contributed by atoms with Crippen molar-refractivity contribution in [3.05, 3.63) is 40.0 Å². The number of allylic oxidation sites excluding steroid dienone is 2. The molecule has 0 fully saturated rings. The summed E-state index contributed by atoms with van der Waals surface area (Å²) in [6.45, 7) is 0. The van der Waals surface area contributed by atoms with Crippen LogP contribution in [0.1, 0.15) is 12.8 Å². The molecule has 1 aliphatic carbocycles. The van der Waals surface area contributed by atoms with E-state index >= 15 is 0 Å². The van der Waals surface area contributed by atoms with Crippen LogP contribution in [0.5, 0.6) is 0 Å². The topological polar surface area (TPSA) is 69.2 Å². The van der Waals surface area contributed by atoms with Gasteiger partial charge in [0.2, 0.25) is 5.91 Å². The molecule has 100 valence electrons. The van der Waals surface area contributed by atoms with E-state index in [2.05, 4.69) is 27.9 Å². The lowest BCUT2D eigenvalue weighted by molar-refractivity contribution is -0.313. The smallest absolute Gasteiger partial charge is 0.228 e. The fourth-order valence-corrected chi connectivity index (χ4v) is 2.49. The zero-order valence-electron chi connectivity index (χ0n) is 10.1. The maximum absolute atomic E-state index is 12.1. The third-order valence-corrected chi connectivity index (χ3v) is 3.90. The summed E-state index contributed by atoms with van der Waals surface area (Å²) in [4.78, 5) is 23.2. The van der Waals surface area contributed by atoms with Gasteiger partial charge < -0.3 is 15.2 Å². The van der Waals surface area contributed by atoms with E-state index in [9.17, 15) is 14.7 Å². The van der Waals surface area contributed by atoms with Gasteiger partial charge in [0.1, 0.15) is 0 Å². The van der Waals surface area contributed by atoms with Crippen LogP contribution in [-0.4, -0.2) is 11.9 Å². The van der Waals surface area contributed by atoms with Gasteiger partial charge in [-0.05, 0) is 59.7 Å². The van der Waals surface area contributed by atoms with E-state index in [1.54, 1.807) is 18.2 Å². The van der Waals surface area contributed by atoms with Crippen LogP contribution in [0.15, 0.2) is 36.4 Å². The largest absolute Gasteiger partial charge is 0.550 e. The first-order valence-electron chi connectivity index (χ1n) is 6.00. The molecule has 0 radical (unpaired) electrons. The lowest BCUT2D eigenvalue weighted by atomic mass is 9.82. The summed E-state index contributed by atoms with van der Waals surface area (Å²) in [6.07, 6.45) is 4.43. The molecule has 0 aromatic heterocycles. The molecule has 4 nitrogen and oxygen atoms in total. The molecule has 0 aliphatic heterocycles. The number of halogens is 1. The van der Waals surface area contributed by atoms with Crippen molar-refractivity contribution in [3.63, 3.8) is 0 Å². The maximum atomic E-state index is 12.1. The quantitative estimate of drug-likeness (QED) is 0.649. The average Bonchev–Trinajstić information content (AvgIpc) is 2.41. The van der Waals surface area contributed by atoms with E-state index in [0.29, 0.717) is 18.5 Å². The Morgan fingerprint density at radius 1 is 1.11 bits per heavy atom. The SMILES string of the molecule is O=C(Nc1ccc(I)cc1)[C@H]1CC=CC[C@H]1C(=O)[O-]. The van der Waals surface area contributed by atoms with E-state index < -0.39 is 17.8 Å². The molecule has 1 aromatic rings. The number of nitrogens with one attached hydrogen (secondary N) is 1. The van der Waals surface area contributed by atoms with Gasteiger partial charge in [-0.25, -0.2) is 0 Å². The first-order chi connectivity index (χ1) is 9.08. The molecule has 0 saturated carbocycles. The number of carboxylic acids is 1. The second kappa shape index (κ2) is 6.18. The summed E-state index contributed by atoms with van der Waals surface area (Å²) in [5.74, 6) is -2.73. The van der Waals surface area contributed by atoms with Crippen LogP contribution in [-0.2, 0) is 9.59 Å². The second-order valence-electron chi connectivity index (χ2n) is 4.47. The molecule has 2 atom stereocenters. The number of amides is 1. The van der Waals surface area contributed by atoms with Gasteiger partial charge >= 0.3 is 0 Å². The van der Waals surface area contributed by atoms with E-state index in [1.165, 1.54) is 0 Å². The summed E-state index contributed by atoms with van der Waals surface area (Å²) in [7, 11) is 0. The number of carboxylic acid groups (broad SMARTS) is 1. The molecule has 0 unspecified atom stereocenters. The molecule has 2 rings (SSSR count). The van der Waals surface area contributed by atoms with Crippen LogP contribution in [0.2, 0.25) is 0 Å². The van der Waals surface area contributed by atoms with Crippen LogP contribution in [0.3, 0.4) is 0 Å². The Kier molecular flexibility index (Phi) is 4.57. The highest BCUT2D eigenvalue weighted by Gasteiger charge is 2.29. The molecule has 0 saturated heterocycles. The molecular weight excluding hydrogens is 357 g/mol. The third kappa shape index (κ3) is 3.56. The average molecular weight is 370 g/mol. The van der Waals surface area contributed by atoms with Crippen LogP contribution in [0, 0.1) is 15.4 Å². The molecule has 5 heteroatoms. The molecule has 0 spiro atoms. The number of rotatable bonds is 3. The summed E-state index contributed by atoms with van der Waals surface area (Å²) < 4.78 is 1.07. The van der Waals surface area contributed by atoms with Crippen molar-refractivity contribution < 1.29 is 14.7 Å². The fraction of sp³-hybridized carbons (Fsp3) is 0.286. The van der Waals surface area contributed by atoms with E-state index in [1.807, 2.05) is 18.2 Å². The number of hydrogen-bond donors (Lipinski definition) is 1. The summed E-state index contributed by atoms with van der Waals surface area (Å²) in [5.41, 5.74) is 0.678. The second-order valence-corrected chi connectivity index (χ2v) is 5.72. The Balaban J connectivity index is 2.08. The monoisotopic (exact) mass is 370 g/mol. The van der Waals surface area contributed by atoms with Gasteiger partial charge in [-0.3, -0.25) is 4.79 Å². The summed E-state index contributed by atoms with van der Waals surface area (Å²) in [6, 6.07) is 7.36. The molecule has 1 aliphatic rings. The number of benzene rings is 1. The Morgan fingerprint density at radius 3 is 2.26 bits per heavy atom. The van der Waals surface area contributed by atoms with Crippen molar-refractivity contribution in [2.24, 2.45) is 11.8 Å². The number of carbonyl (C=O) groups excluding carboxylic acids is 2. The normalized spacial score (nSPS) is 21.9. The predicted octanol–water partition coefficient (Wildman–Crippen LogP) is 1.56. The fourth-order valence-electron chi connectivity index (χ4n) is 2.13. The first-order valence-corrected chi connectivity index (χ1v) is 7.08. The van der Waals surface area contributed by atoms with Gasteiger partial charge in [0.05, 0.1) is 5.92 Å². The van der Waals surface area contributed by atoms with E-state index in [4.69, 9.17) is 0 Å². The highest BCUT2D eigenvalue weighted by Crippen LogP contribution is 2.26. The number of aliphatic carboxylic acids is 1. The van der Waals surface area contributed by atoms with Gasteiger partial charge in [0.15, 0.2) is 0 Å². The number of carbonyl (C=O) groups is 2. The summed E-state index contributed by atoms with van der Waals surface area (Å²) >= 11 is 2.18. The minimum absolute atomic E-state index is 0.264. The molecule has 0 heterocycles. The highest BCUT2D eigenvalue weighted by atomic mass is 127. The van der Waals surface area contributed by atoms with E-state index in [-0.39, 0.29) is 5.91 Å². The lowest BCUT2D eigenvalue weighted by Gasteiger charge is -2.28. The maximum Gasteiger partial charge on any atom is 0.228 e. The van der Waals surface area contributed by atoms with Crippen LogP contribution in [0.4, 0.5) is 5.69 Å². The van der Waals surface area contributed by atoms with Gasteiger partial charge in [-0.1, -0.05) is 12.2 Å². The van der Waals surface area contributed by atoms with Crippen molar-refractivity contribution in [3.8, 4) is 0 Å². The van der Waals surface area contributed by atoms with Crippen molar-refractivity contribution in [2.45, 2.75) is 12.8 Å². The van der Waals surface area contributed by atoms with Gasteiger partial charge in [0, 0.05) is 21.1 Å². The van der Waals surface area contributed by atoms with Crippen LogP contribution >= 0.6 is 22.6 Å². The summed E-state index contributed by atoms with van der Waals surface area (Å²) in [5, 5.41) is 13.8. The van der Waals surface area contributed by atoms with Crippen molar-refractivity contribution >= 4 is 40.2 Å². The van der Waals surface area contributed by atoms with Crippen molar-refractivity contribution in [1.29, 1.82) is 0 Å². The molecule has 0 bridgehead atoms. The Bertz CT molecular complexity index is 510. The van der Waals surface area contributed by atoms with Crippen LogP contribution in [0.25, 0.3) is 0 Å². The lowest BCUT2D eigenvalue weighted by Crippen LogP contribution is -2.41. The Morgan fingerprint density at radius 2 is 1.68 bits per heavy atom. The third-order valence-electron chi connectivity index (χ3n) is 3.18. The predicted molar refractivity (Wildman–Crippen MR) is 78.1 cm³/mol. The van der Waals surface area contributed by atoms with Gasteiger partial charge in [-0.2, -0.15) is 0 Å². The first kappa shape index (κ1) is 14.0. The molecular formula is C14H13INO3-. The zero-order chi connectivity index (χ0) is 13.8. The van der Waals surface area contributed by atoms with Crippen molar-refractivity contribution in [1.82, 2.24) is 0 Å². The molecule has 1 amide bonds. The van der Waals surface area contributed by atoms with Gasteiger partial charge in [-0.15, -0.1) is 0 Å². The number of hydrogen-bond acceptors (Lipinski definition) is 3. The van der Waals surface area contributed by atoms with Crippen molar-refractivity contribution in [2.75, 3.05) is 5.32 Å². The van der Waals surface area contributed by atoms with Crippen LogP contribution < -0.4 is 10.4 Å². The Hall–Kier alpha value is -1.37. The van der Waals surface area contributed by atoms with Gasteiger partial charge in [0.25, 0.3) is 0 Å². The minimum Gasteiger partial charge on any atom is -0.550 e. The molecule has 1 N–H and O–H groups in total. The Labute approximate surface area is 125 Å². The molecule has 1 aromatic carbocycles. The number of anilines is 1. The van der Waals surface area contributed by atoms with E-state index in [0.717, 1.165) is 3.57 Å². The minimum atomic E-state index is -1.16.